The summed E-state index contributed by atoms with van der Waals surface area (Å²) in [5.41, 5.74) is 6.83. The number of nitrogens with two attached hydrogens (primary N) is 1. The van der Waals surface area contributed by atoms with Crippen LogP contribution in [0.2, 0.25) is 0 Å². The maximum atomic E-state index is 11.5. The zero-order valence-electron chi connectivity index (χ0n) is 14.0. The zero-order chi connectivity index (χ0) is 16.8. The number of hydrogen-bond acceptors (Lipinski definition) is 5. The molecule has 1 rings (SSSR count). The third-order valence-electron chi connectivity index (χ3n) is 2.42. The molecule has 0 aliphatic heterocycles. The molecule has 6 heteroatoms. The number of carbonyl (C=O) groups excluding carboxylic acids is 1. The molecule has 124 valence electrons. The van der Waals surface area contributed by atoms with E-state index in [9.17, 15) is 4.79 Å². The highest BCUT2D eigenvalue weighted by Crippen LogP contribution is 2.23. The van der Waals surface area contributed by atoms with E-state index < -0.39 is 11.7 Å². The lowest BCUT2D eigenvalue weighted by Crippen LogP contribution is -2.35. The Hall–Kier alpha value is -2.11. The Morgan fingerprint density at radius 3 is 2.50 bits per heavy atom. The molecule has 0 unspecified atom stereocenters. The second-order valence-corrected chi connectivity index (χ2v) is 6.31. The summed E-state index contributed by atoms with van der Waals surface area (Å²) in [6.07, 6.45) is -0.339. The summed E-state index contributed by atoms with van der Waals surface area (Å²) in [7, 11) is 0. The van der Waals surface area contributed by atoms with Crippen LogP contribution >= 0.6 is 0 Å². The van der Waals surface area contributed by atoms with E-state index in [0.717, 1.165) is 11.4 Å². The molecule has 0 saturated carbocycles. The molecule has 0 aromatic heterocycles. The number of hydrogen-bond donors (Lipinski definition) is 3. The maximum Gasteiger partial charge on any atom is 0.407 e. The average Bonchev–Trinajstić information content (AvgIpc) is 2.31. The molecule has 1 amide bonds. The quantitative estimate of drug-likeness (QED) is 0.555. The lowest BCUT2D eigenvalue weighted by molar-refractivity contribution is 0.0530. The number of rotatable bonds is 6. The SMILES string of the molecule is CC(C)Oc1cc(N)cc(NCCNC(=O)OC(C)(C)C)c1. The highest BCUT2D eigenvalue weighted by atomic mass is 16.6. The number of ether oxygens (including phenoxy) is 2. The van der Waals surface area contributed by atoms with Gasteiger partial charge in [-0.2, -0.15) is 0 Å². The van der Waals surface area contributed by atoms with Gasteiger partial charge in [-0.1, -0.05) is 0 Å². The van der Waals surface area contributed by atoms with Gasteiger partial charge in [0.2, 0.25) is 0 Å². The van der Waals surface area contributed by atoms with Crippen LogP contribution in [0.5, 0.6) is 5.75 Å². The zero-order valence-corrected chi connectivity index (χ0v) is 14.0. The standard InChI is InChI=1S/C16H27N3O3/c1-11(2)21-14-9-12(17)8-13(10-14)18-6-7-19-15(20)22-16(3,4)5/h8-11,18H,6-7,17H2,1-5H3,(H,19,20). The van der Waals surface area contributed by atoms with E-state index in [1.54, 1.807) is 6.07 Å². The number of alkyl carbamates (subject to hydrolysis) is 1. The number of nitrogen functional groups attached to an aromatic ring is 1. The first kappa shape index (κ1) is 17.9. The Morgan fingerprint density at radius 1 is 1.23 bits per heavy atom. The summed E-state index contributed by atoms with van der Waals surface area (Å²) in [4.78, 5) is 11.5. The van der Waals surface area contributed by atoms with Gasteiger partial charge < -0.3 is 25.8 Å². The van der Waals surface area contributed by atoms with Gasteiger partial charge in [-0.15, -0.1) is 0 Å². The molecule has 22 heavy (non-hydrogen) atoms. The van der Waals surface area contributed by atoms with Gasteiger partial charge in [0.1, 0.15) is 11.4 Å². The van der Waals surface area contributed by atoms with Crippen molar-refractivity contribution in [3.8, 4) is 5.75 Å². The molecule has 0 aliphatic rings. The predicted octanol–water partition coefficient (Wildman–Crippen LogP) is 2.99. The minimum atomic E-state index is -0.492. The first-order valence-corrected chi connectivity index (χ1v) is 7.43. The molecule has 1 aromatic carbocycles. The molecule has 0 spiro atoms. The van der Waals surface area contributed by atoms with E-state index in [1.165, 1.54) is 0 Å². The first-order chi connectivity index (χ1) is 10.2. The molecule has 0 saturated heterocycles. The molecular weight excluding hydrogens is 282 g/mol. The van der Waals surface area contributed by atoms with E-state index >= 15 is 0 Å². The largest absolute Gasteiger partial charge is 0.491 e. The summed E-state index contributed by atoms with van der Waals surface area (Å²) in [5, 5.41) is 5.87. The van der Waals surface area contributed by atoms with Crippen LogP contribution < -0.4 is 21.1 Å². The van der Waals surface area contributed by atoms with Crippen molar-refractivity contribution in [2.75, 3.05) is 24.1 Å². The second-order valence-electron chi connectivity index (χ2n) is 6.31. The highest BCUT2D eigenvalue weighted by molar-refractivity contribution is 5.67. The normalized spacial score (nSPS) is 11.2. The van der Waals surface area contributed by atoms with E-state index in [2.05, 4.69) is 10.6 Å². The van der Waals surface area contributed by atoms with Crippen LogP contribution in [0.4, 0.5) is 16.2 Å². The van der Waals surface area contributed by atoms with E-state index in [0.29, 0.717) is 18.8 Å². The fraction of sp³-hybridized carbons (Fsp3) is 0.562. The molecule has 4 N–H and O–H groups in total. The van der Waals surface area contributed by atoms with Crippen LogP contribution in [0, 0.1) is 0 Å². The van der Waals surface area contributed by atoms with Crippen molar-refractivity contribution in [3.05, 3.63) is 18.2 Å². The highest BCUT2D eigenvalue weighted by Gasteiger charge is 2.15. The van der Waals surface area contributed by atoms with Crippen LogP contribution in [-0.4, -0.2) is 30.9 Å². The van der Waals surface area contributed by atoms with Gasteiger partial charge in [0.15, 0.2) is 0 Å². The Kier molecular flexibility index (Phi) is 6.34. The summed E-state index contributed by atoms with van der Waals surface area (Å²) < 4.78 is 10.8. The lowest BCUT2D eigenvalue weighted by Gasteiger charge is -2.19. The van der Waals surface area contributed by atoms with Crippen molar-refractivity contribution in [2.45, 2.75) is 46.3 Å². The Balaban J connectivity index is 2.42. The van der Waals surface area contributed by atoms with Crippen molar-refractivity contribution in [2.24, 2.45) is 0 Å². The topological polar surface area (TPSA) is 85.6 Å². The van der Waals surface area contributed by atoms with Crippen LogP contribution in [0.3, 0.4) is 0 Å². The van der Waals surface area contributed by atoms with Crippen LogP contribution in [0.15, 0.2) is 18.2 Å². The van der Waals surface area contributed by atoms with Crippen molar-refractivity contribution in [1.29, 1.82) is 0 Å². The van der Waals surface area contributed by atoms with Gasteiger partial charge in [-0.05, 0) is 40.7 Å². The average molecular weight is 309 g/mol. The van der Waals surface area contributed by atoms with Crippen molar-refractivity contribution < 1.29 is 14.3 Å². The van der Waals surface area contributed by atoms with Gasteiger partial charge in [0, 0.05) is 36.6 Å². The van der Waals surface area contributed by atoms with Gasteiger partial charge in [0.05, 0.1) is 6.10 Å². The third kappa shape index (κ3) is 7.61. The lowest BCUT2D eigenvalue weighted by atomic mass is 10.2. The predicted molar refractivity (Wildman–Crippen MR) is 89.3 cm³/mol. The van der Waals surface area contributed by atoms with Crippen LogP contribution in [0.25, 0.3) is 0 Å². The van der Waals surface area contributed by atoms with Crippen molar-refractivity contribution >= 4 is 17.5 Å². The van der Waals surface area contributed by atoms with Crippen molar-refractivity contribution in [1.82, 2.24) is 5.32 Å². The summed E-state index contributed by atoms with van der Waals surface area (Å²) in [6, 6.07) is 5.48. The molecule has 0 aliphatic carbocycles. The van der Waals surface area contributed by atoms with Gasteiger partial charge in [0.25, 0.3) is 0 Å². The van der Waals surface area contributed by atoms with Crippen LogP contribution in [0.1, 0.15) is 34.6 Å². The smallest absolute Gasteiger partial charge is 0.407 e. The Labute approximate surface area is 132 Å². The minimum Gasteiger partial charge on any atom is -0.491 e. The second kappa shape index (κ2) is 7.77. The van der Waals surface area contributed by atoms with Crippen LogP contribution in [-0.2, 0) is 4.74 Å². The fourth-order valence-electron chi connectivity index (χ4n) is 1.75. The van der Waals surface area contributed by atoms with Gasteiger partial charge in [-0.25, -0.2) is 4.79 Å². The third-order valence-corrected chi connectivity index (χ3v) is 2.42. The van der Waals surface area contributed by atoms with Crippen molar-refractivity contribution in [3.63, 3.8) is 0 Å². The van der Waals surface area contributed by atoms with E-state index in [1.807, 2.05) is 46.8 Å². The number of nitrogens with one attached hydrogen (secondary N) is 2. The molecule has 0 atom stereocenters. The van der Waals surface area contributed by atoms with E-state index in [-0.39, 0.29) is 6.10 Å². The molecule has 0 radical (unpaired) electrons. The Bertz CT molecular complexity index is 496. The first-order valence-electron chi connectivity index (χ1n) is 7.43. The molecular formula is C16H27N3O3. The molecule has 1 aromatic rings. The maximum absolute atomic E-state index is 11.5. The molecule has 0 heterocycles. The summed E-state index contributed by atoms with van der Waals surface area (Å²) in [5.74, 6) is 0.720. The van der Waals surface area contributed by atoms with Gasteiger partial charge in [-0.3, -0.25) is 0 Å². The number of carbonyl (C=O) groups is 1. The molecule has 0 fully saturated rings. The number of amides is 1. The van der Waals surface area contributed by atoms with Gasteiger partial charge >= 0.3 is 6.09 Å². The Morgan fingerprint density at radius 2 is 1.91 bits per heavy atom. The minimum absolute atomic E-state index is 0.0866. The summed E-state index contributed by atoms with van der Waals surface area (Å²) >= 11 is 0. The molecule has 0 bridgehead atoms. The number of benzene rings is 1. The molecule has 6 nitrogen and oxygen atoms in total. The monoisotopic (exact) mass is 309 g/mol. The van der Waals surface area contributed by atoms with E-state index in [4.69, 9.17) is 15.2 Å². The summed E-state index contributed by atoms with van der Waals surface area (Å²) in [6.45, 7) is 10.4. The fourth-order valence-corrected chi connectivity index (χ4v) is 1.75. The number of anilines is 2.